The van der Waals surface area contributed by atoms with Crippen LogP contribution in [0, 0.1) is 11.7 Å². The van der Waals surface area contributed by atoms with Crippen molar-refractivity contribution in [3.8, 4) is 5.75 Å². The normalized spacial score (nSPS) is 17.4. The number of hydrogen-bond acceptors (Lipinski definition) is 2. The standard InChI is InChI=1S/C17H16FNO2/c1-11-9-12-5-2-3-7-14(12)19(10-11)17(21)16-13(18)6-4-8-15(16)20/h2-8,11,20H,9-10H2,1H3. The molecule has 0 bridgehead atoms. The Morgan fingerprint density at radius 1 is 1.24 bits per heavy atom. The zero-order valence-corrected chi connectivity index (χ0v) is 11.7. The van der Waals surface area contributed by atoms with Gasteiger partial charge in [0.05, 0.1) is 0 Å². The first-order valence-electron chi connectivity index (χ1n) is 6.95. The molecule has 1 heterocycles. The van der Waals surface area contributed by atoms with Crippen LogP contribution in [-0.2, 0) is 6.42 Å². The summed E-state index contributed by atoms with van der Waals surface area (Å²) in [5.74, 6) is -1.23. The highest BCUT2D eigenvalue weighted by Crippen LogP contribution is 2.32. The molecule has 1 unspecified atom stereocenters. The van der Waals surface area contributed by atoms with Gasteiger partial charge in [-0.05, 0) is 36.1 Å². The Labute approximate surface area is 122 Å². The minimum atomic E-state index is -0.698. The lowest BCUT2D eigenvalue weighted by atomic mass is 9.93. The van der Waals surface area contributed by atoms with Gasteiger partial charge in [-0.15, -0.1) is 0 Å². The number of phenolic OH excluding ortho intramolecular Hbond substituents is 1. The van der Waals surface area contributed by atoms with Crippen molar-refractivity contribution < 1.29 is 14.3 Å². The van der Waals surface area contributed by atoms with Crippen molar-refractivity contribution in [2.75, 3.05) is 11.4 Å². The third-order valence-corrected chi connectivity index (χ3v) is 3.80. The minimum absolute atomic E-state index is 0.263. The summed E-state index contributed by atoms with van der Waals surface area (Å²) in [7, 11) is 0. The summed E-state index contributed by atoms with van der Waals surface area (Å²) < 4.78 is 13.9. The van der Waals surface area contributed by atoms with Gasteiger partial charge < -0.3 is 10.0 Å². The third-order valence-electron chi connectivity index (χ3n) is 3.80. The van der Waals surface area contributed by atoms with Crippen molar-refractivity contribution in [2.24, 2.45) is 5.92 Å². The topological polar surface area (TPSA) is 40.5 Å². The predicted octanol–water partition coefficient (Wildman–Crippen LogP) is 3.37. The maximum atomic E-state index is 13.9. The number of carbonyl (C=O) groups is 1. The average Bonchev–Trinajstić information content (AvgIpc) is 2.46. The van der Waals surface area contributed by atoms with Crippen LogP contribution in [-0.4, -0.2) is 17.6 Å². The second-order valence-electron chi connectivity index (χ2n) is 5.49. The Balaban J connectivity index is 2.06. The monoisotopic (exact) mass is 285 g/mol. The second kappa shape index (κ2) is 5.20. The van der Waals surface area contributed by atoms with E-state index < -0.39 is 11.7 Å². The molecule has 0 saturated heterocycles. The van der Waals surface area contributed by atoms with E-state index in [4.69, 9.17) is 0 Å². The van der Waals surface area contributed by atoms with Gasteiger partial charge in [-0.25, -0.2) is 4.39 Å². The van der Waals surface area contributed by atoms with Crippen molar-refractivity contribution in [2.45, 2.75) is 13.3 Å². The van der Waals surface area contributed by atoms with E-state index in [9.17, 15) is 14.3 Å². The molecule has 0 spiro atoms. The van der Waals surface area contributed by atoms with Crippen LogP contribution in [0.15, 0.2) is 42.5 Å². The van der Waals surface area contributed by atoms with Gasteiger partial charge in [0, 0.05) is 12.2 Å². The van der Waals surface area contributed by atoms with Gasteiger partial charge >= 0.3 is 0 Å². The van der Waals surface area contributed by atoms with E-state index in [1.807, 2.05) is 24.3 Å². The summed E-state index contributed by atoms with van der Waals surface area (Å²) in [5, 5.41) is 9.82. The molecule has 0 saturated carbocycles. The van der Waals surface area contributed by atoms with Gasteiger partial charge in [0.15, 0.2) is 0 Å². The third kappa shape index (κ3) is 2.37. The number of nitrogens with zero attached hydrogens (tertiary/aromatic N) is 1. The van der Waals surface area contributed by atoms with E-state index in [0.29, 0.717) is 6.54 Å². The van der Waals surface area contributed by atoms with Gasteiger partial charge in [-0.3, -0.25) is 4.79 Å². The van der Waals surface area contributed by atoms with Gasteiger partial charge in [0.1, 0.15) is 17.1 Å². The van der Waals surface area contributed by atoms with E-state index in [1.165, 1.54) is 18.2 Å². The summed E-state index contributed by atoms with van der Waals surface area (Å²) in [5.41, 5.74) is 1.60. The Kier molecular flexibility index (Phi) is 3.37. The molecule has 0 fully saturated rings. The molecule has 3 nitrogen and oxygen atoms in total. The first kappa shape index (κ1) is 13.6. The predicted molar refractivity (Wildman–Crippen MR) is 79.1 cm³/mol. The van der Waals surface area contributed by atoms with E-state index in [0.717, 1.165) is 17.7 Å². The van der Waals surface area contributed by atoms with Crippen LogP contribution in [0.2, 0.25) is 0 Å². The molecule has 108 valence electrons. The molecule has 1 amide bonds. The number of benzene rings is 2. The largest absolute Gasteiger partial charge is 0.507 e. The molecular weight excluding hydrogens is 269 g/mol. The number of fused-ring (bicyclic) bond motifs is 1. The highest BCUT2D eigenvalue weighted by molar-refractivity contribution is 6.08. The quantitative estimate of drug-likeness (QED) is 0.872. The molecule has 4 heteroatoms. The van der Waals surface area contributed by atoms with Crippen LogP contribution < -0.4 is 4.90 Å². The van der Waals surface area contributed by atoms with Crippen molar-refractivity contribution in [3.63, 3.8) is 0 Å². The average molecular weight is 285 g/mol. The maximum absolute atomic E-state index is 13.9. The Bertz CT molecular complexity index is 679. The van der Waals surface area contributed by atoms with Crippen LogP contribution in [0.1, 0.15) is 22.8 Å². The Hall–Kier alpha value is -2.36. The molecule has 21 heavy (non-hydrogen) atoms. The number of phenols is 1. The Morgan fingerprint density at radius 2 is 2.00 bits per heavy atom. The van der Waals surface area contributed by atoms with E-state index in [2.05, 4.69) is 6.92 Å². The number of halogens is 1. The number of rotatable bonds is 1. The highest BCUT2D eigenvalue weighted by atomic mass is 19.1. The van der Waals surface area contributed by atoms with Crippen LogP contribution in [0.4, 0.5) is 10.1 Å². The SMILES string of the molecule is CC1Cc2ccccc2N(C(=O)c2c(O)cccc2F)C1. The van der Waals surface area contributed by atoms with Crippen LogP contribution >= 0.6 is 0 Å². The molecule has 0 radical (unpaired) electrons. The van der Waals surface area contributed by atoms with Crippen LogP contribution in [0.25, 0.3) is 0 Å². The number of amides is 1. The van der Waals surface area contributed by atoms with Crippen molar-refractivity contribution in [3.05, 3.63) is 59.4 Å². The van der Waals surface area contributed by atoms with Gasteiger partial charge in [0.25, 0.3) is 5.91 Å². The molecule has 3 rings (SSSR count). The van der Waals surface area contributed by atoms with E-state index in [1.54, 1.807) is 4.90 Å². The number of carbonyl (C=O) groups excluding carboxylic acids is 1. The smallest absolute Gasteiger partial charge is 0.265 e. The van der Waals surface area contributed by atoms with Gasteiger partial charge in [-0.1, -0.05) is 31.2 Å². The summed E-state index contributed by atoms with van der Waals surface area (Å²) in [6.45, 7) is 2.57. The van der Waals surface area contributed by atoms with Crippen LogP contribution in [0.3, 0.4) is 0 Å². The fourth-order valence-corrected chi connectivity index (χ4v) is 2.85. The molecule has 2 aromatic rings. The first-order valence-corrected chi connectivity index (χ1v) is 6.95. The molecule has 0 aliphatic carbocycles. The number of anilines is 1. The highest BCUT2D eigenvalue weighted by Gasteiger charge is 2.29. The fraction of sp³-hybridized carbons (Fsp3) is 0.235. The molecular formula is C17H16FNO2. The lowest BCUT2D eigenvalue weighted by molar-refractivity contribution is 0.0974. The molecule has 1 aliphatic rings. The van der Waals surface area contributed by atoms with Crippen molar-refractivity contribution >= 4 is 11.6 Å². The fourth-order valence-electron chi connectivity index (χ4n) is 2.85. The number of para-hydroxylation sites is 1. The molecule has 1 N–H and O–H groups in total. The molecule has 0 aromatic heterocycles. The lowest BCUT2D eigenvalue weighted by Crippen LogP contribution is -2.39. The lowest BCUT2D eigenvalue weighted by Gasteiger charge is -2.33. The summed E-state index contributed by atoms with van der Waals surface area (Å²) in [6, 6.07) is 11.5. The van der Waals surface area contributed by atoms with Crippen molar-refractivity contribution in [1.82, 2.24) is 0 Å². The zero-order chi connectivity index (χ0) is 15.0. The first-order chi connectivity index (χ1) is 10.1. The second-order valence-corrected chi connectivity index (χ2v) is 5.49. The van der Waals surface area contributed by atoms with Crippen LogP contribution in [0.5, 0.6) is 5.75 Å². The van der Waals surface area contributed by atoms with E-state index >= 15 is 0 Å². The number of aromatic hydroxyl groups is 1. The van der Waals surface area contributed by atoms with E-state index in [-0.39, 0.29) is 17.2 Å². The Morgan fingerprint density at radius 3 is 2.76 bits per heavy atom. The molecule has 1 atom stereocenters. The molecule has 2 aromatic carbocycles. The summed E-state index contributed by atoms with van der Waals surface area (Å²) in [4.78, 5) is 14.2. The summed E-state index contributed by atoms with van der Waals surface area (Å²) >= 11 is 0. The maximum Gasteiger partial charge on any atom is 0.265 e. The minimum Gasteiger partial charge on any atom is -0.507 e. The number of hydrogen-bond donors (Lipinski definition) is 1. The zero-order valence-electron chi connectivity index (χ0n) is 11.7. The summed E-state index contributed by atoms with van der Waals surface area (Å²) in [6.07, 6.45) is 0.892. The molecule has 1 aliphatic heterocycles. The van der Waals surface area contributed by atoms with Gasteiger partial charge in [0.2, 0.25) is 0 Å². The van der Waals surface area contributed by atoms with Crippen molar-refractivity contribution in [1.29, 1.82) is 0 Å². The van der Waals surface area contributed by atoms with Gasteiger partial charge in [-0.2, -0.15) is 0 Å².